The van der Waals surface area contributed by atoms with Gasteiger partial charge in [-0.25, -0.2) is 4.79 Å². The fourth-order valence-corrected chi connectivity index (χ4v) is 10.3. The maximum atomic E-state index is 13.7. The summed E-state index contributed by atoms with van der Waals surface area (Å²) >= 11 is 0. The molecule has 12 atom stereocenters. The predicted molar refractivity (Wildman–Crippen MR) is 160 cm³/mol. The highest BCUT2D eigenvalue weighted by Crippen LogP contribution is 2.72. The fourth-order valence-electron chi connectivity index (χ4n) is 10.3. The minimum Gasteiger partial charge on any atom is -0.472 e. The molecule has 0 radical (unpaired) electrons. The van der Waals surface area contributed by atoms with Crippen LogP contribution in [-0.4, -0.2) is 66.4 Å². The highest BCUT2D eigenvalue weighted by Gasteiger charge is 2.77. The molecule has 6 rings (SSSR count). The van der Waals surface area contributed by atoms with Crippen LogP contribution < -0.4 is 0 Å². The van der Waals surface area contributed by atoms with E-state index in [1.807, 2.05) is 13.0 Å². The normalized spacial score (nSPS) is 43.9. The van der Waals surface area contributed by atoms with Gasteiger partial charge in [0.05, 0.1) is 31.3 Å². The zero-order chi connectivity index (χ0) is 32.6. The van der Waals surface area contributed by atoms with E-state index in [1.54, 1.807) is 32.4 Å². The molecule has 1 aromatic rings. The van der Waals surface area contributed by atoms with Crippen LogP contribution in [-0.2, 0) is 38.1 Å². The summed E-state index contributed by atoms with van der Waals surface area (Å²) in [5, 5.41) is 11.6. The lowest BCUT2D eigenvalue weighted by atomic mass is 9.39. The van der Waals surface area contributed by atoms with Crippen LogP contribution in [0.25, 0.3) is 0 Å². The van der Waals surface area contributed by atoms with Crippen molar-refractivity contribution in [3.8, 4) is 0 Å². The number of carbonyl (C=O) groups excluding carboxylic acids is 3. The van der Waals surface area contributed by atoms with Crippen LogP contribution in [0.15, 0.2) is 45.8 Å². The molecular weight excluding hydrogens is 580 g/mol. The van der Waals surface area contributed by atoms with Crippen molar-refractivity contribution < 1.29 is 47.6 Å². The van der Waals surface area contributed by atoms with E-state index in [0.717, 1.165) is 16.7 Å². The van der Waals surface area contributed by atoms with E-state index in [-0.39, 0.29) is 37.2 Å². The van der Waals surface area contributed by atoms with Crippen molar-refractivity contribution in [1.82, 2.24) is 0 Å². The lowest BCUT2D eigenvalue weighted by molar-refractivity contribution is -0.262. The van der Waals surface area contributed by atoms with Gasteiger partial charge in [0, 0.05) is 60.3 Å². The number of hydrogen-bond acceptors (Lipinski definition) is 10. The number of rotatable bonds is 5. The Morgan fingerprint density at radius 2 is 1.69 bits per heavy atom. The Labute approximate surface area is 264 Å². The minimum absolute atomic E-state index is 0.0237. The zero-order valence-corrected chi connectivity index (χ0v) is 27.5. The highest BCUT2D eigenvalue weighted by molar-refractivity contribution is 5.87. The molecule has 0 aromatic carbocycles. The van der Waals surface area contributed by atoms with Crippen molar-refractivity contribution in [3.05, 3.63) is 47.0 Å². The van der Waals surface area contributed by atoms with E-state index >= 15 is 0 Å². The summed E-state index contributed by atoms with van der Waals surface area (Å²) in [5.41, 5.74) is 1.18. The molecular formula is C35H46O10. The van der Waals surface area contributed by atoms with Gasteiger partial charge < -0.3 is 33.2 Å². The van der Waals surface area contributed by atoms with Gasteiger partial charge in [0.15, 0.2) is 6.29 Å². The van der Waals surface area contributed by atoms with E-state index in [2.05, 4.69) is 20.8 Å². The standard InChI is InChI=1S/C35H46O10/c1-9-17(2)32(39)45-31-29-30-33(6,16-41-29)25(42-19(4)36)14-26(43-20(5)37)34(30,7)24-13-27(38)44-23-12-22(21-10-11-40-15-21)18(3)28(23)35(24,31)8/h9-11,15,22-27,29-31,38H,12-14,16H2,1-8H3/b17-9+/t22-,23+,24-,25-,26+,27-,29-,30+,31-,33-,34+,35-/m1/s1. The number of ether oxygens (including phenoxy) is 5. The molecule has 3 aliphatic carbocycles. The molecule has 3 heterocycles. The number of hydrogen-bond donors (Lipinski definition) is 1. The molecule has 2 aliphatic heterocycles. The van der Waals surface area contributed by atoms with Crippen LogP contribution in [0.2, 0.25) is 0 Å². The Morgan fingerprint density at radius 3 is 2.31 bits per heavy atom. The first-order valence-electron chi connectivity index (χ1n) is 16.0. The Kier molecular flexibility index (Phi) is 7.89. The largest absolute Gasteiger partial charge is 0.472 e. The van der Waals surface area contributed by atoms with E-state index < -0.39 is 71.0 Å². The fraction of sp³-hybridized carbons (Fsp3) is 0.686. The van der Waals surface area contributed by atoms with E-state index in [9.17, 15) is 19.5 Å². The van der Waals surface area contributed by atoms with Gasteiger partial charge >= 0.3 is 17.9 Å². The summed E-state index contributed by atoms with van der Waals surface area (Å²) in [6.07, 6.45) is 1.99. The molecule has 4 fully saturated rings. The number of furan rings is 1. The molecule has 0 spiro atoms. The van der Waals surface area contributed by atoms with Crippen LogP contribution >= 0.6 is 0 Å². The molecule has 0 bridgehead atoms. The number of aliphatic hydroxyl groups excluding tert-OH is 1. The molecule has 1 aromatic heterocycles. The first-order valence-corrected chi connectivity index (χ1v) is 16.0. The van der Waals surface area contributed by atoms with Crippen LogP contribution in [0.3, 0.4) is 0 Å². The molecule has 2 saturated heterocycles. The van der Waals surface area contributed by atoms with Crippen molar-refractivity contribution in [2.45, 2.75) is 117 Å². The second kappa shape index (κ2) is 11.1. The number of carbonyl (C=O) groups is 3. The Hall–Kier alpha value is -2.95. The molecule has 10 heteroatoms. The first kappa shape index (κ1) is 32.0. The quantitative estimate of drug-likeness (QED) is 0.206. The second-order valence-electron chi connectivity index (χ2n) is 14.4. The average Bonchev–Trinajstić information content (AvgIpc) is 3.68. The zero-order valence-electron chi connectivity index (χ0n) is 27.5. The van der Waals surface area contributed by atoms with Gasteiger partial charge in [0.25, 0.3) is 0 Å². The summed E-state index contributed by atoms with van der Waals surface area (Å²) in [6, 6.07) is 1.94. The average molecular weight is 627 g/mol. The first-order chi connectivity index (χ1) is 21.2. The van der Waals surface area contributed by atoms with Crippen LogP contribution in [0, 0.1) is 28.1 Å². The van der Waals surface area contributed by atoms with Gasteiger partial charge in [-0.05, 0) is 50.3 Å². The van der Waals surface area contributed by atoms with Gasteiger partial charge in [0.2, 0.25) is 0 Å². The van der Waals surface area contributed by atoms with Crippen molar-refractivity contribution >= 4 is 17.9 Å². The third-order valence-corrected chi connectivity index (χ3v) is 12.1. The summed E-state index contributed by atoms with van der Waals surface area (Å²) < 4.78 is 37.2. The number of esters is 3. The number of fused-ring (bicyclic) bond motifs is 4. The van der Waals surface area contributed by atoms with E-state index in [4.69, 9.17) is 28.1 Å². The van der Waals surface area contributed by atoms with Gasteiger partial charge in [-0.1, -0.05) is 32.4 Å². The van der Waals surface area contributed by atoms with Gasteiger partial charge in [-0.3, -0.25) is 9.59 Å². The van der Waals surface area contributed by atoms with Crippen molar-refractivity contribution in [1.29, 1.82) is 0 Å². The SMILES string of the molecule is C/C=C(\C)C(=O)O[C@@H]1[C@@H]2OC[C@]3(C)[C@H](OC(C)=O)C[C@H](OC(C)=O)[C@@](C)([C@@H]23)[C@H]2C[C@H](O)O[C@H]3C[C@@H](c4ccoc4)C(C)=C3[C@]12C. The van der Waals surface area contributed by atoms with Gasteiger partial charge in [-0.15, -0.1) is 0 Å². The van der Waals surface area contributed by atoms with E-state index in [0.29, 0.717) is 12.0 Å². The molecule has 0 amide bonds. The minimum atomic E-state index is -1.12. The van der Waals surface area contributed by atoms with Crippen molar-refractivity contribution in [2.75, 3.05) is 6.61 Å². The smallest absolute Gasteiger partial charge is 0.333 e. The monoisotopic (exact) mass is 626 g/mol. The molecule has 2 saturated carbocycles. The van der Waals surface area contributed by atoms with Crippen molar-refractivity contribution in [3.63, 3.8) is 0 Å². The number of aliphatic hydroxyl groups is 1. The molecule has 45 heavy (non-hydrogen) atoms. The summed E-state index contributed by atoms with van der Waals surface area (Å²) in [4.78, 5) is 38.7. The topological polar surface area (TPSA) is 131 Å². The van der Waals surface area contributed by atoms with E-state index in [1.165, 1.54) is 13.8 Å². The maximum Gasteiger partial charge on any atom is 0.333 e. The summed E-state index contributed by atoms with van der Waals surface area (Å²) in [7, 11) is 0. The Balaban J connectivity index is 1.61. The predicted octanol–water partition coefficient (Wildman–Crippen LogP) is 5.00. The van der Waals surface area contributed by atoms with Gasteiger partial charge in [0.1, 0.15) is 18.3 Å². The Bertz CT molecular complexity index is 1430. The molecule has 246 valence electrons. The maximum absolute atomic E-state index is 13.7. The van der Waals surface area contributed by atoms with Crippen LogP contribution in [0.1, 0.15) is 86.1 Å². The lowest BCUT2D eigenvalue weighted by Crippen LogP contribution is -2.72. The summed E-state index contributed by atoms with van der Waals surface area (Å²) in [5.74, 6) is -2.08. The number of allylic oxidation sites excluding steroid dienone is 2. The molecule has 10 nitrogen and oxygen atoms in total. The highest BCUT2D eigenvalue weighted by atomic mass is 16.6. The third-order valence-electron chi connectivity index (χ3n) is 12.1. The van der Waals surface area contributed by atoms with Crippen molar-refractivity contribution in [2.24, 2.45) is 28.1 Å². The Morgan fingerprint density at radius 1 is 1.00 bits per heavy atom. The lowest BCUT2D eigenvalue weighted by Gasteiger charge is -2.66. The second-order valence-corrected chi connectivity index (χ2v) is 14.4. The summed E-state index contributed by atoms with van der Waals surface area (Å²) in [6.45, 7) is 14.9. The van der Waals surface area contributed by atoms with Crippen LogP contribution in [0.5, 0.6) is 0 Å². The molecule has 0 unspecified atom stereocenters. The molecule has 5 aliphatic rings. The molecule has 1 N–H and O–H groups in total. The van der Waals surface area contributed by atoms with Crippen LogP contribution in [0.4, 0.5) is 0 Å². The van der Waals surface area contributed by atoms with Gasteiger partial charge in [-0.2, -0.15) is 0 Å². The third kappa shape index (κ3) is 4.65.